The van der Waals surface area contributed by atoms with Gasteiger partial charge in [0.25, 0.3) is 0 Å². The zero-order chi connectivity index (χ0) is 18.6. The summed E-state index contributed by atoms with van der Waals surface area (Å²) in [6.07, 6.45) is 2.71. The van der Waals surface area contributed by atoms with Crippen LogP contribution in [-0.2, 0) is 13.0 Å². The molecule has 26 heavy (non-hydrogen) atoms. The number of likely N-dealkylation sites (tertiary alicyclic amines) is 1. The van der Waals surface area contributed by atoms with Gasteiger partial charge in [-0.25, -0.2) is 4.39 Å². The van der Waals surface area contributed by atoms with Crippen molar-refractivity contribution in [3.8, 4) is 5.75 Å². The van der Waals surface area contributed by atoms with E-state index in [4.69, 9.17) is 16.3 Å². The first-order valence-corrected chi connectivity index (χ1v) is 9.31. The molecule has 0 spiro atoms. The Morgan fingerprint density at radius 2 is 1.85 bits per heavy atom. The second-order valence-electron chi connectivity index (χ2n) is 7.19. The van der Waals surface area contributed by atoms with E-state index >= 15 is 0 Å². The van der Waals surface area contributed by atoms with Crippen molar-refractivity contribution >= 4 is 11.6 Å². The molecule has 3 rings (SSSR count). The minimum atomic E-state index is -0.309. The average molecular weight is 378 g/mol. The van der Waals surface area contributed by atoms with Gasteiger partial charge in [-0.1, -0.05) is 29.8 Å². The topological polar surface area (TPSA) is 32.7 Å². The number of hydrogen-bond acceptors (Lipinski definition) is 3. The molecule has 0 radical (unpaired) electrons. The molecule has 1 aliphatic rings. The van der Waals surface area contributed by atoms with E-state index in [1.54, 1.807) is 13.2 Å². The van der Waals surface area contributed by atoms with Crippen LogP contribution in [0.15, 0.2) is 42.5 Å². The first kappa shape index (κ1) is 19.2. The van der Waals surface area contributed by atoms with Gasteiger partial charge in [0.15, 0.2) is 0 Å². The fourth-order valence-corrected chi connectivity index (χ4v) is 3.87. The molecule has 0 unspecified atom stereocenters. The highest BCUT2D eigenvalue weighted by Gasteiger charge is 2.34. The summed E-state index contributed by atoms with van der Waals surface area (Å²) in [7, 11) is 1.66. The number of nitrogens with zero attached hydrogens (tertiary/aromatic N) is 1. The first-order chi connectivity index (χ1) is 12.5. The summed E-state index contributed by atoms with van der Waals surface area (Å²) in [5.41, 5.74) is 2.08. The third-order valence-electron chi connectivity index (χ3n) is 5.40. The van der Waals surface area contributed by atoms with Crippen LogP contribution in [0.3, 0.4) is 0 Å². The highest BCUT2D eigenvalue weighted by atomic mass is 35.5. The molecule has 0 aromatic heterocycles. The van der Waals surface area contributed by atoms with Crippen LogP contribution in [0.2, 0.25) is 5.02 Å². The summed E-state index contributed by atoms with van der Waals surface area (Å²) in [5, 5.41) is 10.5. The normalized spacial score (nSPS) is 17.2. The van der Waals surface area contributed by atoms with E-state index in [1.165, 1.54) is 17.7 Å². The van der Waals surface area contributed by atoms with Crippen LogP contribution in [0.4, 0.5) is 4.39 Å². The second kappa shape index (κ2) is 8.38. The summed E-state index contributed by atoms with van der Waals surface area (Å²) < 4.78 is 18.4. The van der Waals surface area contributed by atoms with Gasteiger partial charge in [0, 0.05) is 18.2 Å². The Balaban J connectivity index is 1.60. The van der Waals surface area contributed by atoms with Crippen LogP contribution in [0.1, 0.15) is 24.0 Å². The molecule has 2 aromatic rings. The lowest BCUT2D eigenvalue weighted by Crippen LogP contribution is -2.42. The molecule has 1 aliphatic heterocycles. The number of methoxy groups -OCH3 is 1. The van der Waals surface area contributed by atoms with Crippen LogP contribution in [0.25, 0.3) is 0 Å². The SMILES string of the molecule is COc1ccc(CC2(CO)CCN(Cc3ccc(F)cc3Cl)CC2)cc1. The molecule has 5 heteroatoms. The van der Waals surface area contributed by atoms with E-state index in [1.807, 2.05) is 12.1 Å². The van der Waals surface area contributed by atoms with Gasteiger partial charge in [0.1, 0.15) is 11.6 Å². The molecule has 0 saturated carbocycles. The average Bonchev–Trinajstić information content (AvgIpc) is 2.66. The van der Waals surface area contributed by atoms with Crippen molar-refractivity contribution in [1.29, 1.82) is 0 Å². The molecule has 0 aliphatic carbocycles. The number of rotatable bonds is 6. The second-order valence-corrected chi connectivity index (χ2v) is 7.60. The van der Waals surface area contributed by atoms with Gasteiger partial charge in [-0.2, -0.15) is 0 Å². The van der Waals surface area contributed by atoms with E-state index in [0.717, 1.165) is 43.7 Å². The van der Waals surface area contributed by atoms with Crippen molar-refractivity contribution in [3.05, 3.63) is 64.4 Å². The molecule has 1 heterocycles. The summed E-state index contributed by atoms with van der Waals surface area (Å²) in [6.45, 7) is 2.68. The molecule has 140 valence electrons. The lowest BCUT2D eigenvalue weighted by Gasteiger charge is -2.41. The van der Waals surface area contributed by atoms with E-state index in [0.29, 0.717) is 11.6 Å². The Labute approximate surface area is 159 Å². The van der Waals surface area contributed by atoms with Crippen LogP contribution < -0.4 is 4.74 Å². The molecule has 1 saturated heterocycles. The summed E-state index contributed by atoms with van der Waals surface area (Å²) in [6, 6.07) is 12.6. The summed E-state index contributed by atoms with van der Waals surface area (Å²) in [5.74, 6) is 0.536. The predicted molar refractivity (Wildman–Crippen MR) is 102 cm³/mol. The molecule has 0 amide bonds. The first-order valence-electron chi connectivity index (χ1n) is 8.94. The van der Waals surface area contributed by atoms with Crippen molar-refractivity contribution in [2.45, 2.75) is 25.8 Å². The minimum Gasteiger partial charge on any atom is -0.497 e. The van der Waals surface area contributed by atoms with Gasteiger partial charge in [-0.3, -0.25) is 4.90 Å². The highest BCUT2D eigenvalue weighted by molar-refractivity contribution is 6.31. The van der Waals surface area contributed by atoms with E-state index in [-0.39, 0.29) is 17.8 Å². The Morgan fingerprint density at radius 3 is 2.42 bits per heavy atom. The number of halogens is 2. The summed E-state index contributed by atoms with van der Waals surface area (Å²) >= 11 is 6.15. The lowest BCUT2D eigenvalue weighted by molar-refractivity contribution is 0.0413. The monoisotopic (exact) mass is 377 g/mol. The lowest BCUT2D eigenvalue weighted by atomic mass is 9.74. The highest BCUT2D eigenvalue weighted by Crippen LogP contribution is 2.36. The van der Waals surface area contributed by atoms with Gasteiger partial charge in [-0.15, -0.1) is 0 Å². The zero-order valence-electron chi connectivity index (χ0n) is 15.0. The third kappa shape index (κ3) is 4.56. The van der Waals surface area contributed by atoms with Gasteiger partial charge >= 0.3 is 0 Å². The van der Waals surface area contributed by atoms with Gasteiger partial charge in [-0.05, 0) is 73.2 Å². The van der Waals surface area contributed by atoms with Gasteiger partial charge < -0.3 is 9.84 Å². The predicted octanol–water partition coefficient (Wildman–Crippen LogP) is 4.30. The van der Waals surface area contributed by atoms with Gasteiger partial charge in [0.05, 0.1) is 7.11 Å². The number of ether oxygens (including phenoxy) is 1. The zero-order valence-corrected chi connectivity index (χ0v) is 15.8. The van der Waals surface area contributed by atoms with Crippen molar-refractivity contribution in [2.24, 2.45) is 5.41 Å². The maximum atomic E-state index is 13.2. The van der Waals surface area contributed by atoms with Crippen molar-refractivity contribution in [3.63, 3.8) is 0 Å². The smallest absolute Gasteiger partial charge is 0.124 e. The Kier molecular flexibility index (Phi) is 6.17. The Hall–Kier alpha value is -1.62. The molecule has 3 nitrogen and oxygen atoms in total. The quantitative estimate of drug-likeness (QED) is 0.814. The molecule has 2 aromatic carbocycles. The van der Waals surface area contributed by atoms with Crippen molar-refractivity contribution in [1.82, 2.24) is 4.90 Å². The number of aliphatic hydroxyl groups is 1. The van der Waals surface area contributed by atoms with E-state index in [2.05, 4.69) is 17.0 Å². The third-order valence-corrected chi connectivity index (χ3v) is 5.75. The van der Waals surface area contributed by atoms with Gasteiger partial charge in [0.2, 0.25) is 0 Å². The van der Waals surface area contributed by atoms with Crippen LogP contribution in [-0.4, -0.2) is 36.8 Å². The largest absolute Gasteiger partial charge is 0.497 e. The fraction of sp³-hybridized carbons (Fsp3) is 0.429. The van der Waals surface area contributed by atoms with Crippen molar-refractivity contribution in [2.75, 3.05) is 26.8 Å². The number of piperidine rings is 1. The number of hydrogen-bond donors (Lipinski definition) is 1. The van der Waals surface area contributed by atoms with Crippen LogP contribution in [0, 0.1) is 11.2 Å². The van der Waals surface area contributed by atoms with E-state index in [9.17, 15) is 9.50 Å². The molecule has 0 bridgehead atoms. The Bertz CT molecular complexity index is 727. The standard InChI is InChI=1S/C21H25ClFNO2/c1-26-19-6-2-16(3-7-19)13-21(15-25)8-10-24(11-9-21)14-17-4-5-18(23)12-20(17)22/h2-7,12,25H,8-11,13-15H2,1H3. The maximum Gasteiger partial charge on any atom is 0.124 e. The fourth-order valence-electron chi connectivity index (χ4n) is 3.64. The Morgan fingerprint density at radius 1 is 1.15 bits per heavy atom. The molecular formula is C21H25ClFNO2. The molecule has 1 fully saturated rings. The van der Waals surface area contributed by atoms with E-state index < -0.39 is 0 Å². The summed E-state index contributed by atoms with van der Waals surface area (Å²) in [4.78, 5) is 2.32. The number of benzene rings is 2. The van der Waals surface area contributed by atoms with Crippen LogP contribution >= 0.6 is 11.6 Å². The minimum absolute atomic E-state index is 0.0856. The maximum absolute atomic E-state index is 13.2. The number of aliphatic hydroxyl groups excluding tert-OH is 1. The van der Waals surface area contributed by atoms with Crippen molar-refractivity contribution < 1.29 is 14.2 Å². The molecule has 1 N–H and O–H groups in total. The van der Waals surface area contributed by atoms with Crippen LogP contribution in [0.5, 0.6) is 5.75 Å². The molecule has 0 atom stereocenters. The molecular weight excluding hydrogens is 353 g/mol.